The molecule has 6 aromatic heterocycles. The molecule has 0 saturated carbocycles. The quantitative estimate of drug-likeness (QED) is 0.0757. The van der Waals surface area contributed by atoms with Crippen LogP contribution in [0, 0.1) is 0 Å². The average Bonchev–Trinajstić information content (AvgIpc) is 0.770. The van der Waals surface area contributed by atoms with Crippen molar-refractivity contribution in [2.75, 3.05) is 0 Å². The molecule has 12 nitrogen and oxygen atoms in total. The Hall–Kier alpha value is -19.6. The smallest absolute Gasteiger partial charge is 0.0973 e. The molecular formula is C132H82N12. The van der Waals surface area contributed by atoms with Gasteiger partial charge in [0.1, 0.15) is 0 Å². The molecule has 20 aromatic carbocycles. The van der Waals surface area contributed by atoms with E-state index >= 15 is 0 Å². The van der Waals surface area contributed by atoms with Crippen molar-refractivity contribution >= 4 is 66.2 Å². The normalized spacial score (nSPS) is 11.5. The highest BCUT2D eigenvalue weighted by atomic mass is 14.9. The third kappa shape index (κ3) is 16.5. The van der Waals surface area contributed by atoms with Crippen LogP contribution in [0.3, 0.4) is 0 Å². The zero-order valence-electron chi connectivity index (χ0n) is 77.7. The minimum atomic E-state index is 0.765. The van der Waals surface area contributed by atoms with Crippen molar-refractivity contribution in [3.63, 3.8) is 0 Å². The maximum absolute atomic E-state index is 5.54. The van der Waals surface area contributed by atoms with Crippen LogP contribution in [0.2, 0.25) is 0 Å². The Labute approximate surface area is 830 Å². The summed E-state index contributed by atoms with van der Waals surface area (Å²) in [7, 11) is 0. The molecule has 0 atom stereocenters. The summed E-state index contributed by atoms with van der Waals surface area (Å²) in [5.41, 5.74) is 45.5. The van der Waals surface area contributed by atoms with Gasteiger partial charge in [0.15, 0.2) is 0 Å². The SMILES string of the molecule is c1ccc(-c2ccc(-c3nc4cc(-c5ccc6nc(-c7ccccc7)c(-c7ccc(-c8ccc(-c9nc%10cc(-c%11ccc%12nc(-c%13ccccc%13)c(-c%13ccc(-c%14ccc(-c%15nc%16cc(-c%17ccc%18nc(-c%19ccccc%19)c(-c%19ccc(-c%20ccccc%20)cc%19)nc%18c%17)ccc%16nc%15-c%15ccccc%15)cc%14)cc%13)nc%12c%11)ccc%10nc9-c9ccccc9)cc8)cc7)nc6c5)ccc4nc3-c3ccccc3)cc2)cc1. The minimum absolute atomic E-state index is 0.765. The van der Waals surface area contributed by atoms with Crippen molar-refractivity contribution in [1.82, 2.24) is 59.8 Å². The first-order valence-electron chi connectivity index (χ1n) is 48.3. The standard InChI is InChI=1S/C132H82N12/c1-9-25-83(26-10-1)85-41-53-97(54-42-85)127-121(91-29-13-3-14-30-91)133-109-71-65-103(77-115(109)139-127)105-67-73-111-117(79-105)141-129(123(135-111)93-33-17-5-18-34-93)99-57-45-87(46-58-99)89-49-61-101(62-50-89)131-125(95-37-21-7-22-38-95)137-113-75-69-107(81-119(113)143-131)108-70-76-114-120(82-108)144-132(126(138-114)96-39-23-8-24-40-96)102-63-51-90(52-64-102)88-47-59-100(60-48-88)130-124(94-35-19-6-20-36-94)136-112-74-68-106(80-118(112)142-130)104-66-72-110-116(78-104)140-128(122(134-110)92-31-15-4-16-32-92)98-55-43-86(44-56-98)84-27-11-2-12-28-84/h1-82H. The number of benzene rings is 20. The lowest BCUT2D eigenvalue weighted by Crippen LogP contribution is -1.97. The van der Waals surface area contributed by atoms with Gasteiger partial charge in [-0.1, -0.05) is 425 Å². The van der Waals surface area contributed by atoms with Gasteiger partial charge in [-0.05, 0) is 151 Å². The summed E-state index contributed by atoms with van der Waals surface area (Å²) in [6.45, 7) is 0. The topological polar surface area (TPSA) is 155 Å². The lowest BCUT2D eigenvalue weighted by Gasteiger charge is -2.14. The molecule has 12 heteroatoms. The van der Waals surface area contributed by atoms with E-state index in [1.165, 1.54) is 0 Å². The molecule has 0 aliphatic rings. The summed E-state index contributed by atoms with van der Waals surface area (Å²) in [5, 5.41) is 0. The van der Waals surface area contributed by atoms with E-state index in [2.05, 4.69) is 376 Å². The van der Waals surface area contributed by atoms with Crippen molar-refractivity contribution in [3.05, 3.63) is 497 Å². The second-order valence-electron chi connectivity index (χ2n) is 36.1. The van der Waals surface area contributed by atoms with Crippen molar-refractivity contribution in [1.29, 1.82) is 0 Å². The first-order valence-corrected chi connectivity index (χ1v) is 48.3. The molecule has 0 spiro atoms. The van der Waals surface area contributed by atoms with Crippen LogP contribution in [0.4, 0.5) is 0 Å². The molecule has 26 rings (SSSR count). The maximum atomic E-state index is 5.54. The predicted octanol–water partition coefficient (Wildman–Crippen LogP) is 33.0. The average molecular weight is 1840 g/mol. The van der Waals surface area contributed by atoms with Gasteiger partial charge in [0.2, 0.25) is 0 Å². The van der Waals surface area contributed by atoms with Gasteiger partial charge >= 0.3 is 0 Å². The van der Waals surface area contributed by atoms with E-state index in [1.807, 2.05) is 121 Å². The van der Waals surface area contributed by atoms with Crippen LogP contribution in [0.25, 0.3) is 279 Å². The fourth-order valence-corrected chi connectivity index (χ4v) is 19.6. The highest BCUT2D eigenvalue weighted by Gasteiger charge is 2.25. The van der Waals surface area contributed by atoms with Crippen LogP contribution in [-0.4, -0.2) is 59.8 Å². The molecule has 6 heterocycles. The second kappa shape index (κ2) is 36.7. The molecule has 0 unspecified atom stereocenters. The number of fused-ring (bicyclic) bond motifs is 6. The molecule has 0 amide bonds. The Kier molecular flexibility index (Phi) is 21.7. The third-order valence-electron chi connectivity index (χ3n) is 27.1. The number of rotatable bonds is 19. The van der Waals surface area contributed by atoms with Gasteiger partial charge < -0.3 is 0 Å². The van der Waals surface area contributed by atoms with Gasteiger partial charge in [0.25, 0.3) is 0 Å². The largest absolute Gasteiger partial charge is 0.244 e. The Morgan fingerprint density at radius 3 is 0.292 bits per heavy atom. The molecule has 0 bridgehead atoms. The molecule has 0 saturated heterocycles. The summed E-state index contributed by atoms with van der Waals surface area (Å²) >= 11 is 0. The van der Waals surface area contributed by atoms with Crippen LogP contribution in [0.5, 0.6) is 0 Å². The lowest BCUT2D eigenvalue weighted by molar-refractivity contribution is 1.29. The predicted molar refractivity (Wildman–Crippen MR) is 588 cm³/mol. The number of hydrogen-bond acceptors (Lipinski definition) is 12. The van der Waals surface area contributed by atoms with Gasteiger partial charge in [-0.2, -0.15) is 0 Å². The first-order chi connectivity index (χ1) is 71.3. The van der Waals surface area contributed by atoms with E-state index in [4.69, 9.17) is 59.8 Å². The van der Waals surface area contributed by atoms with E-state index in [1.54, 1.807) is 0 Å². The van der Waals surface area contributed by atoms with Gasteiger partial charge in [0, 0.05) is 66.8 Å². The van der Waals surface area contributed by atoms with Crippen LogP contribution in [0.15, 0.2) is 497 Å². The van der Waals surface area contributed by atoms with Gasteiger partial charge in [-0.15, -0.1) is 0 Å². The highest BCUT2D eigenvalue weighted by Crippen LogP contribution is 2.44. The van der Waals surface area contributed by atoms with Crippen molar-refractivity contribution in [3.8, 4) is 213 Å². The molecule has 0 aliphatic heterocycles. The van der Waals surface area contributed by atoms with Crippen molar-refractivity contribution < 1.29 is 0 Å². The summed E-state index contributed by atoms with van der Waals surface area (Å²) in [6, 6.07) is 173. The summed E-state index contributed by atoms with van der Waals surface area (Å²) in [6.07, 6.45) is 0. The fourth-order valence-electron chi connectivity index (χ4n) is 19.6. The zero-order valence-corrected chi connectivity index (χ0v) is 77.7. The van der Waals surface area contributed by atoms with E-state index in [0.717, 1.165) is 279 Å². The van der Waals surface area contributed by atoms with E-state index < -0.39 is 0 Å². The van der Waals surface area contributed by atoms with Crippen molar-refractivity contribution in [2.45, 2.75) is 0 Å². The van der Waals surface area contributed by atoms with E-state index in [0.29, 0.717) is 0 Å². The molecule has 0 aliphatic carbocycles. The Balaban J connectivity index is 0.480. The Bertz CT molecular complexity index is 8840. The molecule has 144 heavy (non-hydrogen) atoms. The molecular weight excluding hydrogens is 1750 g/mol. The molecule has 670 valence electrons. The Morgan fingerprint density at radius 1 is 0.0694 bits per heavy atom. The lowest BCUT2D eigenvalue weighted by atomic mass is 9.97. The van der Waals surface area contributed by atoms with Crippen LogP contribution in [0.1, 0.15) is 0 Å². The van der Waals surface area contributed by atoms with Crippen LogP contribution >= 0.6 is 0 Å². The Morgan fingerprint density at radius 2 is 0.160 bits per heavy atom. The highest BCUT2D eigenvalue weighted by molar-refractivity contribution is 5.99. The summed E-state index contributed by atoms with van der Waals surface area (Å²) in [5.74, 6) is 0. The zero-order chi connectivity index (χ0) is 95.3. The monoisotopic (exact) mass is 1830 g/mol. The molecule has 0 radical (unpaired) electrons. The fraction of sp³-hybridized carbons (Fsp3) is 0. The van der Waals surface area contributed by atoms with Crippen LogP contribution < -0.4 is 0 Å². The molecule has 0 N–H and O–H groups in total. The maximum Gasteiger partial charge on any atom is 0.0973 e. The second-order valence-corrected chi connectivity index (χ2v) is 36.1. The van der Waals surface area contributed by atoms with Crippen molar-refractivity contribution in [2.24, 2.45) is 0 Å². The van der Waals surface area contributed by atoms with Gasteiger partial charge in [0.05, 0.1) is 135 Å². The minimum Gasteiger partial charge on any atom is -0.244 e. The number of hydrogen-bond donors (Lipinski definition) is 0. The number of nitrogens with zero attached hydrogens (tertiary/aromatic N) is 12. The number of aromatic nitrogens is 12. The summed E-state index contributed by atoms with van der Waals surface area (Å²) < 4.78 is 0. The van der Waals surface area contributed by atoms with E-state index in [-0.39, 0.29) is 0 Å². The molecule has 0 fully saturated rings. The van der Waals surface area contributed by atoms with Gasteiger partial charge in [-0.25, -0.2) is 59.8 Å². The van der Waals surface area contributed by atoms with Crippen LogP contribution in [-0.2, 0) is 0 Å². The third-order valence-corrected chi connectivity index (χ3v) is 27.1. The summed E-state index contributed by atoms with van der Waals surface area (Å²) in [4.78, 5) is 65.1. The van der Waals surface area contributed by atoms with E-state index in [9.17, 15) is 0 Å². The van der Waals surface area contributed by atoms with Gasteiger partial charge in [-0.3, -0.25) is 0 Å². The first kappa shape index (κ1) is 84.9. The molecule has 26 aromatic rings.